The molecule has 4 nitrogen and oxygen atoms in total. The van der Waals surface area contributed by atoms with E-state index in [0.717, 1.165) is 18.6 Å². The third-order valence-electron chi connectivity index (χ3n) is 5.31. The number of halogens is 5. The third kappa shape index (κ3) is 5.09. The molecule has 1 N–H and O–H groups in total. The number of rotatable bonds is 6. The molecule has 0 amide bonds. The summed E-state index contributed by atoms with van der Waals surface area (Å²) < 4.78 is 69.9. The molecule has 27 heavy (non-hydrogen) atoms. The Bertz CT molecular complexity index is 678. The summed E-state index contributed by atoms with van der Waals surface area (Å²) in [6.45, 7) is 0.210. The number of alkyl halides is 3. The number of hydrogen-bond donors (Lipinski definition) is 1. The number of piperidine rings is 1. The molecule has 2 aliphatic rings. The van der Waals surface area contributed by atoms with Crippen LogP contribution in [0.3, 0.4) is 0 Å². The van der Waals surface area contributed by atoms with E-state index in [0.29, 0.717) is 37.8 Å². The molecule has 1 aromatic carbocycles. The largest absolute Gasteiger partial charge is 0.493 e. The Morgan fingerprint density at radius 1 is 1.19 bits per heavy atom. The fourth-order valence-corrected chi connectivity index (χ4v) is 3.87. The van der Waals surface area contributed by atoms with Gasteiger partial charge in [0.2, 0.25) is 0 Å². The highest BCUT2D eigenvalue weighted by Gasteiger charge is 2.44. The second-order valence-corrected chi connectivity index (χ2v) is 7.27. The SMILES string of the molecule is O=C(O)c1c(F)cc(OC[C@H]2C[C@@H]2C2CCN(CC(F)(F)F)CC2)cc1F. The van der Waals surface area contributed by atoms with E-state index >= 15 is 0 Å². The molecule has 0 aromatic heterocycles. The van der Waals surface area contributed by atoms with E-state index in [-0.39, 0.29) is 18.3 Å². The van der Waals surface area contributed by atoms with Crippen LogP contribution in [0.5, 0.6) is 5.75 Å². The molecule has 0 unspecified atom stereocenters. The van der Waals surface area contributed by atoms with Crippen molar-refractivity contribution in [3.8, 4) is 5.75 Å². The van der Waals surface area contributed by atoms with E-state index in [4.69, 9.17) is 9.84 Å². The molecular weight excluding hydrogens is 373 g/mol. The van der Waals surface area contributed by atoms with Gasteiger partial charge in [0, 0.05) is 12.1 Å². The van der Waals surface area contributed by atoms with Crippen LogP contribution in [0.1, 0.15) is 29.6 Å². The molecular formula is C18H20F5NO3. The maximum atomic E-state index is 13.6. The molecule has 1 aromatic rings. The van der Waals surface area contributed by atoms with Crippen LogP contribution in [-0.2, 0) is 0 Å². The van der Waals surface area contributed by atoms with Gasteiger partial charge < -0.3 is 9.84 Å². The van der Waals surface area contributed by atoms with Crippen molar-refractivity contribution in [2.45, 2.75) is 25.4 Å². The van der Waals surface area contributed by atoms with Crippen molar-refractivity contribution < 1.29 is 36.6 Å². The van der Waals surface area contributed by atoms with E-state index in [9.17, 15) is 26.7 Å². The van der Waals surface area contributed by atoms with Gasteiger partial charge in [-0.05, 0) is 50.1 Å². The molecule has 150 valence electrons. The molecule has 9 heteroatoms. The molecule has 1 aliphatic heterocycles. The Labute approximate surface area is 152 Å². The molecule has 1 saturated carbocycles. The standard InChI is InChI=1S/C18H20F5NO3/c19-14-6-12(7-15(20)16(14)17(25)26)27-8-11-5-13(11)10-1-3-24(4-2-10)9-18(21,22)23/h6-7,10-11,13H,1-5,8-9H2,(H,25,26)/t11-,13-/m1/s1. The Morgan fingerprint density at radius 2 is 1.78 bits per heavy atom. The number of hydrogen-bond acceptors (Lipinski definition) is 3. The van der Waals surface area contributed by atoms with Gasteiger partial charge in [0.05, 0.1) is 13.2 Å². The summed E-state index contributed by atoms with van der Waals surface area (Å²) >= 11 is 0. The van der Waals surface area contributed by atoms with Crippen LogP contribution in [0, 0.1) is 29.4 Å². The second kappa shape index (κ2) is 7.61. The minimum atomic E-state index is -4.18. The zero-order valence-corrected chi connectivity index (χ0v) is 14.4. The molecule has 2 fully saturated rings. The number of carbonyl (C=O) groups is 1. The number of nitrogens with zero attached hydrogens (tertiary/aromatic N) is 1. The summed E-state index contributed by atoms with van der Waals surface area (Å²) in [5.41, 5.74) is -1.02. The van der Waals surface area contributed by atoms with Crippen molar-refractivity contribution in [1.29, 1.82) is 0 Å². The number of benzene rings is 1. The fourth-order valence-electron chi connectivity index (χ4n) is 3.87. The lowest BCUT2D eigenvalue weighted by Gasteiger charge is -2.32. The van der Waals surface area contributed by atoms with Crippen LogP contribution in [-0.4, -0.2) is 48.4 Å². The van der Waals surface area contributed by atoms with Gasteiger partial charge in [-0.15, -0.1) is 0 Å². The van der Waals surface area contributed by atoms with Crippen molar-refractivity contribution in [2.24, 2.45) is 17.8 Å². The number of likely N-dealkylation sites (tertiary alicyclic amines) is 1. The van der Waals surface area contributed by atoms with E-state index in [1.165, 1.54) is 4.90 Å². The first-order valence-electron chi connectivity index (χ1n) is 8.78. The van der Waals surface area contributed by atoms with Crippen LogP contribution in [0.2, 0.25) is 0 Å². The Balaban J connectivity index is 1.45. The number of aromatic carboxylic acids is 1. The van der Waals surface area contributed by atoms with Crippen LogP contribution in [0.15, 0.2) is 12.1 Å². The van der Waals surface area contributed by atoms with Crippen LogP contribution in [0.4, 0.5) is 22.0 Å². The zero-order valence-electron chi connectivity index (χ0n) is 14.4. The summed E-state index contributed by atoms with van der Waals surface area (Å²) in [4.78, 5) is 12.2. The highest BCUT2D eigenvalue weighted by atomic mass is 19.4. The van der Waals surface area contributed by atoms with E-state index < -0.39 is 35.9 Å². The van der Waals surface area contributed by atoms with Gasteiger partial charge in [0.15, 0.2) is 0 Å². The van der Waals surface area contributed by atoms with Gasteiger partial charge in [0.1, 0.15) is 22.9 Å². The summed E-state index contributed by atoms with van der Waals surface area (Å²) in [5, 5.41) is 8.74. The highest BCUT2D eigenvalue weighted by molar-refractivity contribution is 5.88. The normalized spacial score (nSPS) is 24.0. The first-order chi connectivity index (χ1) is 12.6. The molecule has 0 bridgehead atoms. The van der Waals surface area contributed by atoms with Gasteiger partial charge in [-0.2, -0.15) is 13.2 Å². The third-order valence-corrected chi connectivity index (χ3v) is 5.31. The molecule has 1 heterocycles. The first-order valence-corrected chi connectivity index (χ1v) is 8.78. The topological polar surface area (TPSA) is 49.8 Å². The number of ether oxygens (including phenoxy) is 1. The molecule has 1 aliphatic carbocycles. The van der Waals surface area contributed by atoms with Crippen molar-refractivity contribution in [1.82, 2.24) is 4.90 Å². The van der Waals surface area contributed by atoms with Crippen molar-refractivity contribution >= 4 is 5.97 Å². The fraction of sp³-hybridized carbons (Fsp3) is 0.611. The average Bonchev–Trinajstić information content (AvgIpc) is 3.31. The summed E-state index contributed by atoms with van der Waals surface area (Å²) in [6.07, 6.45) is -1.90. The smallest absolute Gasteiger partial charge is 0.401 e. The Hall–Kier alpha value is -1.90. The first kappa shape index (κ1) is 19.9. The quantitative estimate of drug-likeness (QED) is 0.744. The lowest BCUT2D eigenvalue weighted by molar-refractivity contribution is -0.148. The van der Waals surface area contributed by atoms with Crippen molar-refractivity contribution in [2.75, 3.05) is 26.2 Å². The maximum absolute atomic E-state index is 13.6. The predicted octanol–water partition coefficient (Wildman–Crippen LogP) is 3.95. The molecule has 0 spiro atoms. The highest BCUT2D eigenvalue weighted by Crippen LogP contribution is 2.48. The van der Waals surface area contributed by atoms with Crippen LogP contribution >= 0.6 is 0 Å². The lowest BCUT2D eigenvalue weighted by Crippen LogP contribution is -2.40. The Morgan fingerprint density at radius 3 is 2.30 bits per heavy atom. The van der Waals surface area contributed by atoms with Crippen molar-refractivity contribution in [3.05, 3.63) is 29.3 Å². The minimum absolute atomic E-state index is 0.0688. The molecule has 0 radical (unpaired) electrons. The molecule has 1 saturated heterocycles. The van der Waals surface area contributed by atoms with E-state index in [2.05, 4.69) is 0 Å². The second-order valence-electron chi connectivity index (χ2n) is 7.27. The van der Waals surface area contributed by atoms with Gasteiger partial charge in [-0.3, -0.25) is 4.90 Å². The maximum Gasteiger partial charge on any atom is 0.401 e. The molecule has 2 atom stereocenters. The lowest BCUT2D eigenvalue weighted by atomic mass is 9.91. The monoisotopic (exact) mass is 393 g/mol. The van der Waals surface area contributed by atoms with Crippen LogP contribution in [0.25, 0.3) is 0 Å². The average molecular weight is 393 g/mol. The summed E-state index contributed by atoms with van der Waals surface area (Å²) in [5.74, 6) is -3.24. The van der Waals surface area contributed by atoms with E-state index in [1.807, 2.05) is 0 Å². The minimum Gasteiger partial charge on any atom is -0.493 e. The van der Waals surface area contributed by atoms with Gasteiger partial charge in [-0.1, -0.05) is 0 Å². The summed E-state index contributed by atoms with van der Waals surface area (Å²) in [6, 6.07) is 1.69. The van der Waals surface area contributed by atoms with Gasteiger partial charge >= 0.3 is 12.1 Å². The zero-order chi connectivity index (χ0) is 19.8. The van der Waals surface area contributed by atoms with Gasteiger partial charge in [0.25, 0.3) is 0 Å². The van der Waals surface area contributed by atoms with E-state index in [1.54, 1.807) is 0 Å². The number of carboxylic acids is 1. The Kier molecular flexibility index (Phi) is 5.60. The van der Waals surface area contributed by atoms with Gasteiger partial charge in [-0.25, -0.2) is 13.6 Å². The summed E-state index contributed by atoms with van der Waals surface area (Å²) in [7, 11) is 0. The molecule has 3 rings (SSSR count). The predicted molar refractivity (Wildman–Crippen MR) is 85.6 cm³/mol. The van der Waals surface area contributed by atoms with Crippen molar-refractivity contribution in [3.63, 3.8) is 0 Å². The number of carboxylic acid groups (broad SMARTS) is 1. The van der Waals surface area contributed by atoms with Crippen LogP contribution < -0.4 is 4.74 Å².